The van der Waals surface area contributed by atoms with Gasteiger partial charge in [-0.05, 0) is 82.9 Å². The molecule has 7 heteroatoms. The summed E-state index contributed by atoms with van der Waals surface area (Å²) >= 11 is 0. The molecule has 2 fully saturated rings. The number of hydrogen-bond acceptors (Lipinski definition) is 3. The highest BCUT2D eigenvalue weighted by molar-refractivity contribution is 6.29. The molecule has 4 aromatic carbocycles. The lowest BCUT2D eigenvalue weighted by Gasteiger charge is -2.30. The number of imide groups is 2. The van der Waals surface area contributed by atoms with Gasteiger partial charge in [-0.2, -0.15) is 0 Å². The Balaban J connectivity index is 1.35. The average molecular weight is 731 g/mol. The fraction of sp³-hybridized carbons (Fsp3) is 0.312. The van der Waals surface area contributed by atoms with Crippen molar-refractivity contribution in [3.05, 3.63) is 118 Å². The zero-order chi connectivity index (χ0) is 38.5. The van der Waals surface area contributed by atoms with Crippen LogP contribution in [0, 0.1) is 11.8 Å². The van der Waals surface area contributed by atoms with Gasteiger partial charge in [0.25, 0.3) is 11.8 Å². The number of benzene rings is 4. The van der Waals surface area contributed by atoms with Crippen LogP contribution in [0.25, 0.3) is 55.5 Å². The Hall–Kier alpha value is -5.69. The number of unbranched alkanes of at least 4 members (excludes halogenated alkanes) is 1. The number of rotatable bonds is 9. The summed E-state index contributed by atoms with van der Waals surface area (Å²) in [7, 11) is 2.90. The number of barbiturate groups is 1. The van der Waals surface area contributed by atoms with E-state index in [1.807, 2.05) is 0 Å². The largest absolute Gasteiger partial charge is 0.340 e. The van der Waals surface area contributed by atoms with Gasteiger partial charge in [0.1, 0.15) is 5.57 Å². The van der Waals surface area contributed by atoms with Gasteiger partial charge in [-0.1, -0.05) is 113 Å². The second-order valence-corrected chi connectivity index (χ2v) is 16.0. The van der Waals surface area contributed by atoms with Crippen molar-refractivity contribution in [3.63, 3.8) is 0 Å². The van der Waals surface area contributed by atoms with Crippen LogP contribution in [-0.4, -0.2) is 50.9 Å². The molecule has 1 aliphatic heterocycles. The lowest BCUT2D eigenvalue weighted by atomic mass is 9.95. The van der Waals surface area contributed by atoms with Gasteiger partial charge in [-0.3, -0.25) is 19.4 Å². The van der Waals surface area contributed by atoms with Gasteiger partial charge in [0, 0.05) is 70.5 Å². The number of nitrogens with zero attached hydrogens (tertiary/aromatic N) is 4. The SMILES string of the molecule is CCCCC(C)Cn1/c(=C/C=C2CC/C(=C/C=c3\c4cccc5cccc(c54)n3CC(C)C)C2=C2C(=O)N(C)C(=O)N(C)C2=O)c2cccc3cccc1c32. The Labute approximate surface area is 322 Å². The van der Waals surface area contributed by atoms with E-state index in [2.05, 4.69) is 134 Å². The van der Waals surface area contributed by atoms with Crippen LogP contribution >= 0.6 is 0 Å². The molecule has 0 spiro atoms. The number of allylic oxidation sites excluding steroid dienone is 5. The number of urea groups is 1. The Morgan fingerprint density at radius 3 is 1.56 bits per heavy atom. The van der Waals surface area contributed by atoms with E-state index in [4.69, 9.17) is 0 Å². The van der Waals surface area contributed by atoms with Crippen LogP contribution in [0.4, 0.5) is 4.79 Å². The lowest BCUT2D eigenvalue weighted by Crippen LogP contribution is -2.53. The highest BCUT2D eigenvalue weighted by atomic mass is 16.2. The molecule has 0 radical (unpaired) electrons. The zero-order valence-corrected chi connectivity index (χ0v) is 32.9. The Morgan fingerprint density at radius 1 is 0.618 bits per heavy atom. The molecule has 1 aliphatic carbocycles. The third-order valence-electron chi connectivity index (χ3n) is 11.6. The molecule has 2 aliphatic rings. The summed E-state index contributed by atoms with van der Waals surface area (Å²) in [6.45, 7) is 10.8. The van der Waals surface area contributed by atoms with E-state index in [1.165, 1.54) is 70.3 Å². The molecule has 0 bridgehead atoms. The van der Waals surface area contributed by atoms with E-state index in [-0.39, 0.29) is 5.57 Å². The summed E-state index contributed by atoms with van der Waals surface area (Å²) in [6, 6.07) is 25.3. The van der Waals surface area contributed by atoms with Crippen LogP contribution in [0.3, 0.4) is 0 Å². The van der Waals surface area contributed by atoms with Crippen LogP contribution in [0.15, 0.2) is 107 Å². The molecule has 1 saturated carbocycles. The van der Waals surface area contributed by atoms with E-state index in [9.17, 15) is 14.4 Å². The monoisotopic (exact) mass is 730 g/mol. The highest BCUT2D eigenvalue weighted by Gasteiger charge is 2.42. The van der Waals surface area contributed by atoms with Gasteiger partial charge in [0.05, 0.1) is 0 Å². The van der Waals surface area contributed by atoms with Crippen molar-refractivity contribution < 1.29 is 14.4 Å². The molecule has 7 nitrogen and oxygen atoms in total. The van der Waals surface area contributed by atoms with E-state index in [0.29, 0.717) is 30.3 Å². The molecule has 1 saturated heterocycles. The maximum atomic E-state index is 14.0. The minimum atomic E-state index is -0.622. The van der Waals surface area contributed by atoms with Crippen molar-refractivity contribution in [2.24, 2.45) is 11.8 Å². The molecule has 0 N–H and O–H groups in total. The Kier molecular flexibility index (Phi) is 9.58. The summed E-state index contributed by atoms with van der Waals surface area (Å²) in [6.07, 6.45) is 13.4. The smallest absolute Gasteiger partial charge is 0.333 e. The molecule has 3 heterocycles. The molecule has 4 amide bonds. The van der Waals surface area contributed by atoms with Crippen LogP contribution in [0.1, 0.15) is 59.8 Å². The van der Waals surface area contributed by atoms with Crippen LogP contribution in [0.5, 0.6) is 0 Å². The van der Waals surface area contributed by atoms with Gasteiger partial charge in [0.2, 0.25) is 0 Å². The average Bonchev–Trinajstić information content (AvgIpc) is 3.82. The maximum Gasteiger partial charge on any atom is 0.333 e. The van der Waals surface area contributed by atoms with Crippen molar-refractivity contribution >= 4 is 73.3 Å². The molecular formula is C48H50N4O3. The molecule has 8 rings (SSSR count). The third kappa shape index (κ3) is 6.20. The van der Waals surface area contributed by atoms with Gasteiger partial charge < -0.3 is 9.13 Å². The minimum absolute atomic E-state index is 0.0501. The van der Waals surface area contributed by atoms with E-state index in [1.54, 1.807) is 0 Å². The first-order chi connectivity index (χ1) is 26.6. The molecule has 55 heavy (non-hydrogen) atoms. The minimum Gasteiger partial charge on any atom is -0.340 e. The molecule has 6 aromatic rings. The predicted molar refractivity (Wildman–Crippen MR) is 225 cm³/mol. The number of likely N-dealkylation sites (N-methyl/N-ethyl adjacent to an activating group) is 2. The summed E-state index contributed by atoms with van der Waals surface area (Å²) in [5.74, 6) is -0.205. The van der Waals surface area contributed by atoms with Crippen LogP contribution < -0.4 is 10.7 Å². The zero-order valence-electron chi connectivity index (χ0n) is 32.9. The number of carbonyl (C=O) groups is 3. The fourth-order valence-corrected chi connectivity index (χ4v) is 8.92. The van der Waals surface area contributed by atoms with Crippen molar-refractivity contribution in [2.45, 2.75) is 72.9 Å². The van der Waals surface area contributed by atoms with Gasteiger partial charge in [-0.25, -0.2) is 4.79 Å². The van der Waals surface area contributed by atoms with Gasteiger partial charge in [-0.15, -0.1) is 0 Å². The predicted octanol–water partition coefficient (Wildman–Crippen LogP) is 9.08. The number of hydrogen-bond donors (Lipinski definition) is 0. The van der Waals surface area contributed by atoms with Crippen molar-refractivity contribution in [2.75, 3.05) is 14.1 Å². The number of amides is 4. The standard InChI is InChI=1S/C48H50N4O3/c1-7-8-13-31(4)29-52-39(37-19-10-15-33-17-12-21-41(52)44(33)37)27-25-35-23-22-34(42(35)45-46(53)49(5)48(55)50(6)47(45)54)24-26-38-36-18-9-14-32-16-11-20-40(43(32)36)51(38)28-30(2)3/h9-12,14-21,24-27,30-31H,7-8,13,22-23,28-29H2,1-6H3/b34-24-,35-25?,38-26+,39-27+. The first-order valence-corrected chi connectivity index (χ1v) is 19.8. The highest BCUT2D eigenvalue weighted by Crippen LogP contribution is 2.40. The van der Waals surface area contributed by atoms with E-state index < -0.39 is 17.8 Å². The van der Waals surface area contributed by atoms with E-state index >= 15 is 0 Å². The number of carbonyl (C=O) groups excluding carboxylic acids is 3. The van der Waals surface area contributed by atoms with Crippen LogP contribution in [0.2, 0.25) is 0 Å². The summed E-state index contributed by atoms with van der Waals surface area (Å²) in [5.41, 5.74) is 4.94. The van der Waals surface area contributed by atoms with Gasteiger partial charge in [0.15, 0.2) is 0 Å². The molecular weight excluding hydrogens is 681 g/mol. The molecule has 1 unspecified atom stereocenters. The van der Waals surface area contributed by atoms with Crippen molar-refractivity contribution in [1.29, 1.82) is 0 Å². The first kappa shape index (κ1) is 36.3. The van der Waals surface area contributed by atoms with E-state index in [0.717, 1.165) is 51.2 Å². The van der Waals surface area contributed by atoms with Crippen molar-refractivity contribution in [1.82, 2.24) is 18.9 Å². The lowest BCUT2D eigenvalue weighted by molar-refractivity contribution is -0.134. The summed E-state index contributed by atoms with van der Waals surface area (Å²) < 4.78 is 4.85. The van der Waals surface area contributed by atoms with Crippen LogP contribution in [-0.2, 0) is 22.7 Å². The first-order valence-electron chi connectivity index (χ1n) is 19.8. The Morgan fingerprint density at radius 2 is 1.09 bits per heavy atom. The topological polar surface area (TPSA) is 67.6 Å². The molecule has 280 valence electrons. The third-order valence-corrected chi connectivity index (χ3v) is 11.6. The number of aromatic nitrogens is 2. The summed E-state index contributed by atoms with van der Waals surface area (Å²) in [5, 5.41) is 9.51. The summed E-state index contributed by atoms with van der Waals surface area (Å²) in [4.78, 5) is 43.0. The fourth-order valence-electron chi connectivity index (χ4n) is 8.92. The molecule has 2 aromatic heterocycles. The van der Waals surface area contributed by atoms with Gasteiger partial charge >= 0.3 is 6.03 Å². The Bertz CT molecular complexity index is 2700. The second kappa shape index (κ2) is 14.5. The second-order valence-electron chi connectivity index (χ2n) is 16.0. The quantitative estimate of drug-likeness (QED) is 0.110. The molecule has 1 atom stereocenters. The normalized spacial score (nSPS) is 18.6. The maximum absolute atomic E-state index is 14.0. The van der Waals surface area contributed by atoms with Crippen molar-refractivity contribution in [3.8, 4) is 0 Å².